The van der Waals surface area contributed by atoms with E-state index in [0.29, 0.717) is 12.5 Å². The van der Waals surface area contributed by atoms with E-state index in [1.807, 2.05) is 18.3 Å². The predicted octanol–water partition coefficient (Wildman–Crippen LogP) is 2.33. The van der Waals surface area contributed by atoms with E-state index >= 15 is 0 Å². The molecule has 3 aromatic heterocycles. The van der Waals surface area contributed by atoms with E-state index in [9.17, 15) is 4.79 Å². The van der Waals surface area contributed by atoms with Crippen molar-refractivity contribution in [3.05, 3.63) is 58.2 Å². The zero-order valence-electron chi connectivity index (χ0n) is 12.9. The molecule has 0 unspecified atom stereocenters. The van der Waals surface area contributed by atoms with Crippen molar-refractivity contribution in [1.29, 1.82) is 0 Å². The van der Waals surface area contributed by atoms with Crippen LogP contribution in [0.2, 0.25) is 0 Å². The fourth-order valence-corrected chi connectivity index (χ4v) is 3.48. The Balaban J connectivity index is 1.65. The summed E-state index contributed by atoms with van der Waals surface area (Å²) >= 11 is 1.65. The molecule has 0 bridgehead atoms. The zero-order valence-corrected chi connectivity index (χ0v) is 13.7. The normalized spacial score (nSPS) is 11.0. The van der Waals surface area contributed by atoms with Gasteiger partial charge in [0, 0.05) is 28.4 Å². The van der Waals surface area contributed by atoms with E-state index in [0.717, 1.165) is 26.2 Å². The van der Waals surface area contributed by atoms with Gasteiger partial charge < -0.3 is 5.32 Å². The number of aromatic nitrogens is 5. The number of hydrogen-bond donors (Lipinski definition) is 2. The number of H-pyrrole nitrogens is 1. The Labute approximate surface area is 141 Å². The van der Waals surface area contributed by atoms with Crippen molar-refractivity contribution in [3.63, 3.8) is 0 Å². The molecule has 0 radical (unpaired) electrons. The number of nitrogens with zero attached hydrogens (tertiary/aromatic N) is 4. The molecule has 8 heteroatoms. The van der Waals surface area contributed by atoms with Crippen molar-refractivity contribution >= 4 is 28.2 Å². The number of rotatable bonds is 4. The Morgan fingerprint density at radius 1 is 1.29 bits per heavy atom. The van der Waals surface area contributed by atoms with Crippen LogP contribution < -0.4 is 11.0 Å². The van der Waals surface area contributed by atoms with Crippen LogP contribution in [0.25, 0.3) is 21.3 Å². The molecule has 3 heterocycles. The first-order valence-electron chi connectivity index (χ1n) is 7.36. The van der Waals surface area contributed by atoms with Crippen LogP contribution in [0.4, 0.5) is 5.95 Å². The van der Waals surface area contributed by atoms with Crippen LogP contribution >= 0.6 is 11.3 Å². The maximum absolute atomic E-state index is 11.5. The van der Waals surface area contributed by atoms with E-state index in [1.54, 1.807) is 23.0 Å². The Morgan fingerprint density at radius 3 is 3.00 bits per heavy atom. The van der Waals surface area contributed by atoms with Crippen molar-refractivity contribution < 1.29 is 0 Å². The van der Waals surface area contributed by atoms with Gasteiger partial charge in [-0.3, -0.25) is 4.57 Å². The largest absolute Gasteiger partial charge is 0.357 e. The smallest absolute Gasteiger partial charge is 0.343 e. The second-order valence-corrected chi connectivity index (χ2v) is 6.44. The van der Waals surface area contributed by atoms with Gasteiger partial charge in [0.25, 0.3) is 0 Å². The molecule has 0 aliphatic rings. The van der Waals surface area contributed by atoms with Gasteiger partial charge in [-0.1, -0.05) is 6.07 Å². The second-order valence-electron chi connectivity index (χ2n) is 5.27. The topological polar surface area (TPSA) is 88.5 Å². The summed E-state index contributed by atoms with van der Waals surface area (Å²) in [7, 11) is 1.80. The van der Waals surface area contributed by atoms with E-state index in [4.69, 9.17) is 0 Å². The van der Waals surface area contributed by atoms with E-state index in [-0.39, 0.29) is 5.69 Å². The lowest BCUT2D eigenvalue weighted by Crippen LogP contribution is -2.16. The summed E-state index contributed by atoms with van der Waals surface area (Å²) in [4.78, 5) is 22.4. The number of nitrogens with one attached hydrogen (secondary N) is 2. The summed E-state index contributed by atoms with van der Waals surface area (Å²) in [6.45, 7) is 0.516. The zero-order chi connectivity index (χ0) is 16.5. The lowest BCUT2D eigenvalue weighted by Gasteiger charge is -2.03. The average Bonchev–Trinajstić information content (AvgIpc) is 3.24. The summed E-state index contributed by atoms with van der Waals surface area (Å²) < 4.78 is 1.54. The maximum atomic E-state index is 11.5. The molecule has 0 aliphatic heterocycles. The third-order valence-electron chi connectivity index (χ3n) is 3.69. The van der Waals surface area contributed by atoms with Crippen molar-refractivity contribution in [2.45, 2.75) is 6.54 Å². The van der Waals surface area contributed by atoms with Crippen LogP contribution in [0.5, 0.6) is 0 Å². The van der Waals surface area contributed by atoms with Crippen LogP contribution in [0, 0.1) is 0 Å². The molecule has 1 aromatic carbocycles. The van der Waals surface area contributed by atoms with Crippen molar-refractivity contribution in [2.24, 2.45) is 0 Å². The molecule has 2 N–H and O–H groups in total. The highest BCUT2D eigenvalue weighted by Crippen LogP contribution is 2.30. The molecular weight excluding hydrogens is 324 g/mol. The molecule has 7 nitrogen and oxygen atoms in total. The van der Waals surface area contributed by atoms with E-state index < -0.39 is 0 Å². The highest BCUT2D eigenvalue weighted by atomic mass is 32.1. The fraction of sp³-hybridized carbons (Fsp3) is 0.125. The molecular formula is C16H14N6OS. The summed E-state index contributed by atoms with van der Waals surface area (Å²) in [5.41, 5.74) is 1.81. The summed E-state index contributed by atoms with van der Waals surface area (Å²) in [5.74, 6) is 0.610. The van der Waals surface area contributed by atoms with Crippen LogP contribution in [-0.2, 0) is 6.54 Å². The Hall–Kier alpha value is -3.00. The molecule has 4 rings (SSSR count). The Bertz CT molecular complexity index is 1060. The molecule has 0 atom stereocenters. The average molecular weight is 338 g/mol. The maximum Gasteiger partial charge on any atom is 0.343 e. The molecule has 4 aromatic rings. The molecule has 24 heavy (non-hydrogen) atoms. The predicted molar refractivity (Wildman–Crippen MR) is 94.3 cm³/mol. The highest BCUT2D eigenvalue weighted by Gasteiger charge is 2.07. The molecule has 0 fully saturated rings. The van der Waals surface area contributed by atoms with Gasteiger partial charge in [0.1, 0.15) is 6.33 Å². The number of hydrogen-bond acceptors (Lipinski definition) is 6. The molecule has 0 saturated carbocycles. The molecule has 0 saturated heterocycles. The Morgan fingerprint density at radius 2 is 2.21 bits per heavy atom. The summed E-state index contributed by atoms with van der Waals surface area (Å²) in [5, 5.41) is 10.1. The Kier molecular flexibility index (Phi) is 3.58. The summed E-state index contributed by atoms with van der Waals surface area (Å²) in [6.07, 6.45) is 3.33. The van der Waals surface area contributed by atoms with Gasteiger partial charge in [-0.25, -0.2) is 19.9 Å². The van der Waals surface area contributed by atoms with Gasteiger partial charge in [-0.05, 0) is 29.8 Å². The minimum Gasteiger partial charge on any atom is -0.357 e. The molecule has 0 aliphatic carbocycles. The van der Waals surface area contributed by atoms with Gasteiger partial charge in [-0.15, -0.1) is 11.3 Å². The third kappa shape index (κ3) is 2.67. The first-order chi connectivity index (χ1) is 11.7. The SMILES string of the molecule is CNc1ncc2cc(-c3ccc(Cn4cn[nH]c4=O)s3)ccc2n1. The fourth-order valence-electron chi connectivity index (χ4n) is 2.48. The number of thiophene rings is 1. The number of aromatic amines is 1. The van der Waals surface area contributed by atoms with Gasteiger partial charge in [0.2, 0.25) is 5.95 Å². The minimum atomic E-state index is -0.201. The van der Waals surface area contributed by atoms with Gasteiger partial charge in [0.15, 0.2) is 0 Å². The van der Waals surface area contributed by atoms with Gasteiger partial charge in [-0.2, -0.15) is 5.10 Å². The first-order valence-corrected chi connectivity index (χ1v) is 8.18. The highest BCUT2D eigenvalue weighted by molar-refractivity contribution is 7.15. The lowest BCUT2D eigenvalue weighted by atomic mass is 10.1. The minimum absolute atomic E-state index is 0.201. The van der Waals surface area contributed by atoms with Crippen LogP contribution in [0.3, 0.4) is 0 Å². The van der Waals surface area contributed by atoms with Gasteiger partial charge >= 0.3 is 5.69 Å². The number of fused-ring (bicyclic) bond motifs is 1. The van der Waals surface area contributed by atoms with E-state index in [1.165, 1.54) is 6.33 Å². The number of benzene rings is 1. The van der Waals surface area contributed by atoms with Crippen molar-refractivity contribution in [2.75, 3.05) is 12.4 Å². The number of anilines is 1. The first kappa shape index (κ1) is 14.6. The van der Waals surface area contributed by atoms with Crippen LogP contribution in [0.15, 0.2) is 47.7 Å². The van der Waals surface area contributed by atoms with E-state index in [2.05, 4.69) is 43.7 Å². The van der Waals surface area contributed by atoms with Crippen LogP contribution in [-0.4, -0.2) is 31.8 Å². The van der Waals surface area contributed by atoms with Gasteiger partial charge in [0.05, 0.1) is 12.1 Å². The van der Waals surface area contributed by atoms with Crippen molar-refractivity contribution in [3.8, 4) is 10.4 Å². The second kappa shape index (κ2) is 5.89. The molecule has 120 valence electrons. The third-order valence-corrected chi connectivity index (χ3v) is 4.81. The standard InChI is InChI=1S/C16H14N6OS/c1-17-15-18-7-11-6-10(2-4-13(11)20-15)14-5-3-12(24-14)8-22-9-19-21-16(22)23/h2-7,9H,8H2,1H3,(H,21,23)(H,17,18,20). The van der Waals surface area contributed by atoms with Crippen molar-refractivity contribution in [1.82, 2.24) is 24.7 Å². The van der Waals surface area contributed by atoms with Crippen LogP contribution in [0.1, 0.15) is 4.88 Å². The quantitative estimate of drug-likeness (QED) is 0.596. The summed E-state index contributed by atoms with van der Waals surface area (Å²) in [6, 6.07) is 10.2. The molecule has 0 spiro atoms. The monoisotopic (exact) mass is 338 g/mol. The molecule has 0 amide bonds. The lowest BCUT2D eigenvalue weighted by molar-refractivity contribution is 0.772.